The first-order chi connectivity index (χ1) is 14.2. The van der Waals surface area contributed by atoms with E-state index in [1.54, 1.807) is 23.7 Å². The van der Waals surface area contributed by atoms with Crippen molar-refractivity contribution in [2.75, 3.05) is 0 Å². The van der Waals surface area contributed by atoms with Gasteiger partial charge in [0, 0.05) is 19.3 Å². The molecule has 0 aliphatic carbocycles. The number of nitrogens with zero attached hydrogens (tertiary/aromatic N) is 1. The molecule has 9 heteroatoms. The van der Waals surface area contributed by atoms with Crippen molar-refractivity contribution in [2.45, 2.75) is 18.4 Å². The average Bonchev–Trinajstić information content (AvgIpc) is 3.08. The number of aromatic nitrogens is 1. The highest BCUT2D eigenvalue weighted by atomic mass is 32.2. The zero-order chi connectivity index (χ0) is 21.9. The van der Waals surface area contributed by atoms with Crippen LogP contribution < -0.4 is 15.8 Å². The highest BCUT2D eigenvalue weighted by molar-refractivity contribution is 7.90. The van der Waals surface area contributed by atoms with Gasteiger partial charge in [-0.2, -0.15) is 0 Å². The SMILES string of the molecule is Cc1cccc(-c2ccc(C(=O)NS(=O)(=O)c3ccc(CNC(N)=O)cc3)n2C)c1. The van der Waals surface area contributed by atoms with E-state index in [9.17, 15) is 18.0 Å². The van der Waals surface area contributed by atoms with E-state index in [1.807, 2.05) is 31.2 Å². The summed E-state index contributed by atoms with van der Waals surface area (Å²) in [6, 6.07) is 16.3. The van der Waals surface area contributed by atoms with Crippen molar-refractivity contribution in [3.05, 3.63) is 77.5 Å². The highest BCUT2D eigenvalue weighted by Gasteiger charge is 2.21. The number of amides is 3. The monoisotopic (exact) mass is 426 g/mol. The Hall–Kier alpha value is -3.59. The zero-order valence-electron chi connectivity index (χ0n) is 16.5. The molecule has 0 fully saturated rings. The van der Waals surface area contributed by atoms with Crippen LogP contribution in [-0.4, -0.2) is 24.9 Å². The minimum Gasteiger partial charge on any atom is -0.352 e. The predicted octanol–water partition coefficient (Wildman–Crippen LogP) is 2.29. The molecule has 0 unspecified atom stereocenters. The molecule has 4 N–H and O–H groups in total. The minimum absolute atomic E-state index is 0.0632. The summed E-state index contributed by atoms with van der Waals surface area (Å²) >= 11 is 0. The fraction of sp³-hybridized carbons (Fsp3) is 0.143. The number of nitrogens with one attached hydrogen (secondary N) is 2. The van der Waals surface area contributed by atoms with Crippen LogP contribution >= 0.6 is 0 Å². The van der Waals surface area contributed by atoms with Gasteiger partial charge in [0.2, 0.25) is 0 Å². The number of rotatable bonds is 6. The van der Waals surface area contributed by atoms with Gasteiger partial charge in [-0.15, -0.1) is 0 Å². The Morgan fingerprint density at radius 3 is 2.37 bits per heavy atom. The molecule has 0 saturated heterocycles. The summed E-state index contributed by atoms with van der Waals surface area (Å²) in [5, 5.41) is 2.42. The summed E-state index contributed by atoms with van der Waals surface area (Å²) in [6.45, 7) is 2.15. The summed E-state index contributed by atoms with van der Waals surface area (Å²) < 4.78 is 28.9. The number of benzene rings is 2. The molecule has 3 rings (SSSR count). The predicted molar refractivity (Wildman–Crippen MR) is 113 cm³/mol. The summed E-state index contributed by atoms with van der Waals surface area (Å²) in [5.74, 6) is -0.726. The van der Waals surface area contributed by atoms with Gasteiger partial charge < -0.3 is 15.6 Å². The number of urea groups is 1. The third-order valence-corrected chi connectivity index (χ3v) is 5.94. The van der Waals surface area contributed by atoms with E-state index in [2.05, 4.69) is 10.0 Å². The molecular weight excluding hydrogens is 404 g/mol. The fourth-order valence-corrected chi connectivity index (χ4v) is 4.00. The molecule has 3 aromatic rings. The quantitative estimate of drug-likeness (QED) is 0.559. The molecule has 0 aliphatic heterocycles. The first kappa shape index (κ1) is 21.1. The molecule has 1 aromatic heterocycles. The van der Waals surface area contributed by atoms with Crippen LogP contribution in [0.3, 0.4) is 0 Å². The van der Waals surface area contributed by atoms with Crippen molar-refractivity contribution >= 4 is 22.0 Å². The molecular formula is C21H22N4O4S. The molecule has 2 aromatic carbocycles. The van der Waals surface area contributed by atoms with Crippen LogP contribution in [-0.2, 0) is 23.6 Å². The highest BCUT2D eigenvalue weighted by Crippen LogP contribution is 2.23. The van der Waals surface area contributed by atoms with Crippen molar-refractivity contribution in [3.8, 4) is 11.3 Å². The van der Waals surface area contributed by atoms with E-state index in [-0.39, 0.29) is 17.1 Å². The van der Waals surface area contributed by atoms with Gasteiger partial charge in [-0.25, -0.2) is 17.9 Å². The lowest BCUT2D eigenvalue weighted by Gasteiger charge is -2.10. The second-order valence-electron chi connectivity index (χ2n) is 6.83. The first-order valence-corrected chi connectivity index (χ1v) is 10.6. The molecule has 0 bridgehead atoms. The third-order valence-electron chi connectivity index (χ3n) is 4.60. The maximum atomic E-state index is 12.6. The normalized spacial score (nSPS) is 11.1. The smallest absolute Gasteiger partial charge is 0.312 e. The van der Waals surface area contributed by atoms with Crippen LogP contribution in [0.2, 0.25) is 0 Å². The van der Waals surface area contributed by atoms with E-state index >= 15 is 0 Å². The van der Waals surface area contributed by atoms with Crippen molar-refractivity contribution in [2.24, 2.45) is 12.8 Å². The second-order valence-corrected chi connectivity index (χ2v) is 8.51. The molecule has 0 spiro atoms. The number of hydrogen-bond acceptors (Lipinski definition) is 4. The maximum Gasteiger partial charge on any atom is 0.312 e. The molecule has 30 heavy (non-hydrogen) atoms. The standard InChI is InChI=1S/C21H22N4O4S/c1-14-4-3-5-16(12-14)18-10-11-19(25(18)2)20(26)24-30(28,29)17-8-6-15(7-9-17)13-23-21(22)27/h3-12H,13H2,1-2H3,(H,24,26)(H3,22,23,27). The van der Waals surface area contributed by atoms with Crippen LogP contribution in [0.1, 0.15) is 21.6 Å². The van der Waals surface area contributed by atoms with Gasteiger partial charge in [-0.3, -0.25) is 4.79 Å². The topological polar surface area (TPSA) is 123 Å². The van der Waals surface area contributed by atoms with Crippen LogP contribution in [0.4, 0.5) is 4.79 Å². The van der Waals surface area contributed by atoms with Crippen molar-refractivity contribution in [1.29, 1.82) is 0 Å². The number of carbonyl (C=O) groups is 2. The van der Waals surface area contributed by atoms with Gasteiger partial charge in [0.25, 0.3) is 15.9 Å². The molecule has 1 heterocycles. The third kappa shape index (κ3) is 4.69. The van der Waals surface area contributed by atoms with E-state index in [1.165, 1.54) is 24.3 Å². The molecule has 0 radical (unpaired) electrons. The zero-order valence-corrected chi connectivity index (χ0v) is 17.4. The van der Waals surface area contributed by atoms with Crippen LogP contribution in [0.25, 0.3) is 11.3 Å². The average molecular weight is 426 g/mol. The van der Waals surface area contributed by atoms with Crippen molar-refractivity contribution < 1.29 is 18.0 Å². The van der Waals surface area contributed by atoms with Gasteiger partial charge in [0.1, 0.15) is 5.69 Å². The minimum atomic E-state index is -4.06. The molecule has 0 saturated carbocycles. The van der Waals surface area contributed by atoms with Gasteiger partial charge in [-0.1, -0.05) is 35.9 Å². The summed E-state index contributed by atoms with van der Waals surface area (Å²) in [5.41, 5.74) is 8.71. The van der Waals surface area contributed by atoms with Gasteiger partial charge >= 0.3 is 6.03 Å². The van der Waals surface area contributed by atoms with E-state index < -0.39 is 22.0 Å². The molecule has 0 atom stereocenters. The number of carbonyl (C=O) groups excluding carboxylic acids is 2. The van der Waals surface area contributed by atoms with Gasteiger partial charge in [0.05, 0.1) is 4.90 Å². The van der Waals surface area contributed by atoms with E-state index in [4.69, 9.17) is 5.73 Å². The Labute approximate surface area is 174 Å². The Morgan fingerprint density at radius 2 is 1.73 bits per heavy atom. The number of nitrogens with two attached hydrogens (primary N) is 1. The summed E-state index contributed by atoms with van der Waals surface area (Å²) in [7, 11) is -2.35. The summed E-state index contributed by atoms with van der Waals surface area (Å²) in [6.07, 6.45) is 0. The maximum absolute atomic E-state index is 12.6. The second kappa shape index (κ2) is 8.42. The molecule has 3 amide bonds. The molecule has 156 valence electrons. The summed E-state index contributed by atoms with van der Waals surface area (Å²) in [4.78, 5) is 23.3. The van der Waals surface area contributed by atoms with E-state index in [0.717, 1.165) is 16.8 Å². The number of hydrogen-bond donors (Lipinski definition) is 3. The molecule has 8 nitrogen and oxygen atoms in total. The lowest BCUT2D eigenvalue weighted by molar-refractivity contribution is 0.0973. The largest absolute Gasteiger partial charge is 0.352 e. The van der Waals surface area contributed by atoms with E-state index in [0.29, 0.717) is 5.56 Å². The lowest BCUT2D eigenvalue weighted by atomic mass is 10.1. The van der Waals surface area contributed by atoms with Crippen LogP contribution in [0.15, 0.2) is 65.6 Å². The Bertz CT molecular complexity index is 1200. The van der Waals surface area contributed by atoms with Crippen LogP contribution in [0, 0.1) is 6.92 Å². The number of primary amides is 1. The first-order valence-electron chi connectivity index (χ1n) is 9.09. The van der Waals surface area contributed by atoms with Crippen molar-refractivity contribution in [3.63, 3.8) is 0 Å². The number of sulfonamides is 1. The van der Waals surface area contributed by atoms with Crippen LogP contribution in [0.5, 0.6) is 0 Å². The van der Waals surface area contributed by atoms with Crippen molar-refractivity contribution in [1.82, 2.24) is 14.6 Å². The Balaban J connectivity index is 1.77. The Morgan fingerprint density at radius 1 is 1.03 bits per heavy atom. The van der Waals surface area contributed by atoms with Gasteiger partial charge in [0.15, 0.2) is 0 Å². The fourth-order valence-electron chi connectivity index (χ4n) is 3.04. The Kier molecular flexibility index (Phi) is 5.93. The molecule has 0 aliphatic rings. The lowest BCUT2D eigenvalue weighted by Crippen LogP contribution is -2.32. The van der Waals surface area contributed by atoms with Gasteiger partial charge in [-0.05, 0) is 48.4 Å². The number of aryl methyl sites for hydroxylation is 1.